The Morgan fingerprint density at radius 3 is 2.76 bits per heavy atom. The van der Waals surface area contributed by atoms with E-state index in [0.29, 0.717) is 36.5 Å². The Balaban J connectivity index is 1.63. The first-order valence-electron chi connectivity index (χ1n) is 8.42. The number of carboxylic acids is 1. The lowest BCUT2D eigenvalue weighted by atomic mass is 10.0. The van der Waals surface area contributed by atoms with Gasteiger partial charge in [-0.25, -0.2) is 9.18 Å². The molecule has 1 aliphatic heterocycles. The van der Waals surface area contributed by atoms with Crippen LogP contribution >= 0.6 is 0 Å². The lowest BCUT2D eigenvalue weighted by Gasteiger charge is -2.33. The number of piperidine rings is 1. The van der Waals surface area contributed by atoms with Crippen molar-refractivity contribution in [1.82, 2.24) is 4.90 Å². The molecule has 0 saturated carbocycles. The summed E-state index contributed by atoms with van der Waals surface area (Å²) in [4.78, 5) is 25.1. The van der Waals surface area contributed by atoms with Gasteiger partial charge in [-0.3, -0.25) is 4.79 Å². The van der Waals surface area contributed by atoms with Gasteiger partial charge in [0.2, 0.25) is 5.91 Å². The summed E-state index contributed by atoms with van der Waals surface area (Å²) in [5, 5.41) is 9.25. The van der Waals surface area contributed by atoms with E-state index in [9.17, 15) is 19.1 Å². The van der Waals surface area contributed by atoms with Gasteiger partial charge in [-0.05, 0) is 43.5 Å². The Hall–Kier alpha value is -2.63. The van der Waals surface area contributed by atoms with Gasteiger partial charge in [-0.2, -0.15) is 0 Å². The van der Waals surface area contributed by atoms with E-state index in [4.69, 9.17) is 4.42 Å². The van der Waals surface area contributed by atoms with E-state index in [-0.39, 0.29) is 18.1 Å². The molecule has 1 unspecified atom stereocenters. The zero-order valence-corrected chi connectivity index (χ0v) is 13.8. The minimum absolute atomic E-state index is 0.175. The summed E-state index contributed by atoms with van der Waals surface area (Å²) < 4.78 is 19.4. The third-order valence-corrected chi connectivity index (χ3v) is 4.49. The number of amides is 1. The topological polar surface area (TPSA) is 70.8 Å². The normalized spacial score (nSPS) is 17.5. The molecule has 1 N–H and O–H groups in total. The smallest absolute Gasteiger partial charge is 0.326 e. The van der Waals surface area contributed by atoms with Gasteiger partial charge in [-0.15, -0.1) is 0 Å². The third-order valence-electron chi connectivity index (χ3n) is 4.49. The Morgan fingerprint density at radius 1 is 1.20 bits per heavy atom. The molecule has 1 atom stereocenters. The standard InChI is InChI=1S/C19H20FNO4/c20-15-6-2-1-5-14(15)17-10-8-13(25-17)9-11-18(22)21-12-4-3-7-16(21)19(23)24/h1-2,5-6,8,10,16H,3-4,7,9,11-12H2,(H,23,24). The van der Waals surface area contributed by atoms with Crippen molar-refractivity contribution in [1.29, 1.82) is 0 Å². The van der Waals surface area contributed by atoms with Crippen molar-refractivity contribution in [2.75, 3.05) is 6.54 Å². The van der Waals surface area contributed by atoms with E-state index in [1.54, 1.807) is 30.3 Å². The van der Waals surface area contributed by atoms with Crippen LogP contribution in [0.5, 0.6) is 0 Å². The SMILES string of the molecule is O=C(O)C1CCCCN1C(=O)CCc1ccc(-c2ccccc2F)o1. The van der Waals surface area contributed by atoms with Gasteiger partial charge in [0, 0.05) is 19.4 Å². The largest absolute Gasteiger partial charge is 0.480 e. The molecule has 1 amide bonds. The van der Waals surface area contributed by atoms with Crippen LogP contribution in [0.25, 0.3) is 11.3 Å². The van der Waals surface area contributed by atoms with Crippen molar-refractivity contribution in [3.8, 4) is 11.3 Å². The summed E-state index contributed by atoms with van der Waals surface area (Å²) in [7, 11) is 0. The maximum atomic E-state index is 13.8. The van der Waals surface area contributed by atoms with Gasteiger partial charge < -0.3 is 14.4 Å². The molecule has 1 saturated heterocycles. The number of benzene rings is 1. The third kappa shape index (κ3) is 3.90. The van der Waals surface area contributed by atoms with Crippen LogP contribution in [0.1, 0.15) is 31.4 Å². The number of halogens is 1. The molecule has 0 radical (unpaired) electrons. The number of carbonyl (C=O) groups excluding carboxylic acids is 1. The lowest BCUT2D eigenvalue weighted by Crippen LogP contribution is -2.48. The van der Waals surface area contributed by atoms with Crippen molar-refractivity contribution in [2.45, 2.75) is 38.1 Å². The number of furan rings is 1. The van der Waals surface area contributed by atoms with Gasteiger partial charge >= 0.3 is 5.97 Å². The molecule has 132 valence electrons. The minimum atomic E-state index is -0.951. The van der Waals surface area contributed by atoms with Gasteiger partial charge in [0.25, 0.3) is 0 Å². The van der Waals surface area contributed by atoms with E-state index in [1.807, 2.05) is 0 Å². The molecule has 6 heteroatoms. The summed E-state index contributed by atoms with van der Waals surface area (Å²) in [6.07, 6.45) is 2.68. The second-order valence-corrected chi connectivity index (χ2v) is 6.18. The Kier molecular flexibility index (Phi) is 5.16. The number of hydrogen-bond acceptors (Lipinski definition) is 3. The molecule has 1 aromatic heterocycles. The zero-order valence-electron chi connectivity index (χ0n) is 13.8. The maximum absolute atomic E-state index is 13.8. The molecular formula is C19H20FNO4. The highest BCUT2D eigenvalue weighted by molar-refractivity contribution is 5.84. The van der Waals surface area contributed by atoms with E-state index < -0.39 is 12.0 Å². The summed E-state index contributed by atoms with van der Waals surface area (Å²) in [5.74, 6) is -0.502. The van der Waals surface area contributed by atoms with E-state index in [2.05, 4.69) is 0 Å². The average molecular weight is 345 g/mol. The zero-order chi connectivity index (χ0) is 17.8. The molecule has 5 nitrogen and oxygen atoms in total. The molecule has 1 aromatic carbocycles. The quantitative estimate of drug-likeness (QED) is 0.900. The monoisotopic (exact) mass is 345 g/mol. The van der Waals surface area contributed by atoms with E-state index >= 15 is 0 Å². The van der Waals surface area contributed by atoms with Crippen molar-refractivity contribution in [3.63, 3.8) is 0 Å². The van der Waals surface area contributed by atoms with Crippen molar-refractivity contribution in [2.24, 2.45) is 0 Å². The second-order valence-electron chi connectivity index (χ2n) is 6.18. The molecule has 2 aromatic rings. The average Bonchev–Trinajstić information content (AvgIpc) is 3.08. The fourth-order valence-corrected chi connectivity index (χ4v) is 3.18. The Bertz CT molecular complexity index is 770. The van der Waals surface area contributed by atoms with Gasteiger partial charge in [0.1, 0.15) is 23.4 Å². The van der Waals surface area contributed by atoms with Crippen LogP contribution in [0.4, 0.5) is 4.39 Å². The van der Waals surface area contributed by atoms with Crippen molar-refractivity contribution < 1.29 is 23.5 Å². The number of carboxylic acid groups (broad SMARTS) is 1. The van der Waals surface area contributed by atoms with Crippen LogP contribution in [-0.4, -0.2) is 34.5 Å². The number of hydrogen-bond donors (Lipinski definition) is 1. The van der Waals surface area contributed by atoms with Crippen LogP contribution < -0.4 is 0 Å². The van der Waals surface area contributed by atoms with Gasteiger partial charge in [0.15, 0.2) is 0 Å². The fourth-order valence-electron chi connectivity index (χ4n) is 3.18. The maximum Gasteiger partial charge on any atom is 0.326 e. The highest BCUT2D eigenvalue weighted by Crippen LogP contribution is 2.25. The first-order valence-corrected chi connectivity index (χ1v) is 8.42. The predicted molar refractivity (Wildman–Crippen MR) is 89.4 cm³/mol. The number of likely N-dealkylation sites (tertiary alicyclic amines) is 1. The predicted octanol–water partition coefficient (Wildman–Crippen LogP) is 3.48. The van der Waals surface area contributed by atoms with E-state index in [1.165, 1.54) is 11.0 Å². The van der Waals surface area contributed by atoms with Crippen molar-refractivity contribution in [3.05, 3.63) is 48.0 Å². The molecule has 25 heavy (non-hydrogen) atoms. The van der Waals surface area contributed by atoms with Crippen LogP contribution in [0.3, 0.4) is 0 Å². The number of rotatable bonds is 5. The van der Waals surface area contributed by atoms with E-state index in [0.717, 1.165) is 12.8 Å². The van der Waals surface area contributed by atoms with Crippen LogP contribution in [-0.2, 0) is 16.0 Å². The first-order chi connectivity index (χ1) is 12.1. The summed E-state index contributed by atoms with van der Waals surface area (Å²) in [6.45, 7) is 0.481. The Morgan fingerprint density at radius 2 is 2.00 bits per heavy atom. The number of carbonyl (C=O) groups is 2. The molecule has 1 aliphatic rings. The van der Waals surface area contributed by atoms with Crippen LogP contribution in [0.2, 0.25) is 0 Å². The number of nitrogens with zero attached hydrogens (tertiary/aromatic N) is 1. The fraction of sp³-hybridized carbons (Fsp3) is 0.368. The van der Waals surface area contributed by atoms with Crippen LogP contribution in [0, 0.1) is 5.82 Å². The molecule has 1 fully saturated rings. The molecule has 0 aliphatic carbocycles. The molecule has 0 bridgehead atoms. The van der Waals surface area contributed by atoms with Gasteiger partial charge in [0.05, 0.1) is 5.56 Å². The summed E-state index contributed by atoms with van der Waals surface area (Å²) in [5.41, 5.74) is 0.377. The molecule has 3 rings (SSSR count). The summed E-state index contributed by atoms with van der Waals surface area (Å²) >= 11 is 0. The number of aryl methyl sites for hydroxylation is 1. The number of aliphatic carboxylic acids is 1. The first kappa shape index (κ1) is 17.2. The lowest BCUT2D eigenvalue weighted by molar-refractivity contribution is -0.152. The van der Waals surface area contributed by atoms with Crippen LogP contribution in [0.15, 0.2) is 40.8 Å². The van der Waals surface area contributed by atoms with Gasteiger partial charge in [-0.1, -0.05) is 12.1 Å². The Labute approximate surface area is 145 Å². The highest BCUT2D eigenvalue weighted by Gasteiger charge is 2.31. The molecule has 2 heterocycles. The summed E-state index contributed by atoms with van der Waals surface area (Å²) in [6, 6.07) is 9.01. The van der Waals surface area contributed by atoms with Crippen molar-refractivity contribution >= 4 is 11.9 Å². The molecule has 0 spiro atoms. The highest BCUT2D eigenvalue weighted by atomic mass is 19.1. The minimum Gasteiger partial charge on any atom is -0.480 e. The second kappa shape index (κ2) is 7.51. The molecular weight excluding hydrogens is 325 g/mol.